The molecule has 136 valence electrons. The average Bonchev–Trinajstić information content (AvgIpc) is 2.93. The van der Waals surface area contributed by atoms with E-state index in [0.717, 1.165) is 10.4 Å². The van der Waals surface area contributed by atoms with Crippen molar-refractivity contribution in [1.82, 2.24) is 9.88 Å². The summed E-state index contributed by atoms with van der Waals surface area (Å²) in [4.78, 5) is 39.7. The number of rotatable bonds is 6. The smallest absolute Gasteiger partial charge is 0.269 e. The molecule has 8 nitrogen and oxygen atoms in total. The van der Waals surface area contributed by atoms with Gasteiger partial charge in [-0.15, -0.1) is 0 Å². The minimum absolute atomic E-state index is 0.0209. The van der Waals surface area contributed by atoms with Crippen molar-refractivity contribution in [3.8, 4) is 0 Å². The third-order valence-electron chi connectivity index (χ3n) is 3.47. The van der Waals surface area contributed by atoms with Crippen LogP contribution in [0.3, 0.4) is 0 Å². The maximum absolute atomic E-state index is 11.5. The largest absolute Gasteiger partial charge is 0.341 e. The van der Waals surface area contributed by atoms with Crippen LogP contribution in [0, 0.1) is 10.1 Å². The molecule has 0 radical (unpaired) electrons. The summed E-state index contributed by atoms with van der Waals surface area (Å²) < 4.78 is 0. The SMILES string of the molecule is CC(=O)Nc1nc(C=Cc2ccc([N+](=O)[O-])cc2)c(CN(C)C(C)=O)s1. The summed E-state index contributed by atoms with van der Waals surface area (Å²) in [7, 11) is 1.68. The predicted octanol–water partition coefficient (Wildman–Crippen LogP) is 3.16. The van der Waals surface area contributed by atoms with Gasteiger partial charge in [-0.1, -0.05) is 17.4 Å². The first kappa shape index (κ1) is 19.3. The number of benzene rings is 1. The number of thiazole rings is 1. The third kappa shape index (κ3) is 5.21. The Morgan fingerprint density at radius 1 is 1.27 bits per heavy atom. The lowest BCUT2D eigenvalue weighted by Crippen LogP contribution is -2.22. The van der Waals surface area contributed by atoms with Gasteiger partial charge in [-0.3, -0.25) is 19.7 Å². The van der Waals surface area contributed by atoms with Crippen LogP contribution in [0.4, 0.5) is 10.8 Å². The number of anilines is 1. The summed E-state index contributed by atoms with van der Waals surface area (Å²) >= 11 is 1.30. The number of hydrogen-bond donors (Lipinski definition) is 1. The zero-order valence-corrected chi connectivity index (χ0v) is 15.4. The van der Waals surface area contributed by atoms with Crippen LogP contribution < -0.4 is 5.32 Å². The minimum atomic E-state index is -0.455. The maximum atomic E-state index is 11.5. The first-order valence-corrected chi connectivity index (χ1v) is 8.49. The van der Waals surface area contributed by atoms with E-state index in [2.05, 4.69) is 10.3 Å². The lowest BCUT2D eigenvalue weighted by Gasteiger charge is -2.13. The van der Waals surface area contributed by atoms with E-state index in [1.807, 2.05) is 0 Å². The molecule has 0 aliphatic carbocycles. The lowest BCUT2D eigenvalue weighted by molar-refractivity contribution is -0.384. The zero-order chi connectivity index (χ0) is 19.3. The van der Waals surface area contributed by atoms with Gasteiger partial charge >= 0.3 is 0 Å². The van der Waals surface area contributed by atoms with Crippen LogP contribution in [-0.4, -0.2) is 33.7 Å². The molecule has 26 heavy (non-hydrogen) atoms. The standard InChI is InChI=1S/C17H18N4O4S/c1-11(22)18-17-19-15(16(26-17)10-20(3)12(2)23)9-6-13-4-7-14(8-5-13)21(24)25/h4-9H,10H2,1-3H3,(H,18,19,22). The van der Waals surface area contributed by atoms with Crippen molar-refractivity contribution in [3.05, 3.63) is 50.5 Å². The number of nitro benzene ring substituents is 1. The summed E-state index contributed by atoms with van der Waals surface area (Å²) in [5, 5.41) is 13.8. The summed E-state index contributed by atoms with van der Waals surface area (Å²) in [5.74, 6) is -0.305. The molecule has 0 aliphatic heterocycles. The highest BCUT2D eigenvalue weighted by molar-refractivity contribution is 7.16. The van der Waals surface area contributed by atoms with Gasteiger partial charge in [-0.05, 0) is 23.8 Å². The Labute approximate surface area is 154 Å². The minimum Gasteiger partial charge on any atom is -0.341 e. The topological polar surface area (TPSA) is 105 Å². The number of hydrogen-bond acceptors (Lipinski definition) is 6. The molecule has 2 aromatic rings. The van der Waals surface area contributed by atoms with E-state index in [1.54, 1.807) is 36.2 Å². The van der Waals surface area contributed by atoms with Gasteiger partial charge in [0.05, 0.1) is 22.0 Å². The van der Waals surface area contributed by atoms with Crippen LogP contribution >= 0.6 is 11.3 Å². The molecule has 0 aliphatic rings. The Morgan fingerprint density at radius 3 is 2.46 bits per heavy atom. The molecule has 0 atom stereocenters. The normalized spacial score (nSPS) is 10.7. The monoisotopic (exact) mass is 374 g/mol. The van der Waals surface area contributed by atoms with Crippen molar-refractivity contribution in [1.29, 1.82) is 0 Å². The highest BCUT2D eigenvalue weighted by atomic mass is 32.1. The van der Waals surface area contributed by atoms with Gasteiger partial charge in [0.15, 0.2) is 5.13 Å². The van der Waals surface area contributed by atoms with E-state index in [9.17, 15) is 19.7 Å². The number of aromatic nitrogens is 1. The zero-order valence-electron chi connectivity index (χ0n) is 14.6. The van der Waals surface area contributed by atoms with Crippen LogP contribution in [-0.2, 0) is 16.1 Å². The highest BCUT2D eigenvalue weighted by Crippen LogP contribution is 2.26. The summed E-state index contributed by atoms with van der Waals surface area (Å²) in [5.41, 5.74) is 1.42. The number of nitrogens with zero attached hydrogens (tertiary/aromatic N) is 3. The van der Waals surface area contributed by atoms with Gasteiger partial charge in [0.2, 0.25) is 11.8 Å². The van der Waals surface area contributed by atoms with E-state index < -0.39 is 4.92 Å². The van der Waals surface area contributed by atoms with Gasteiger partial charge in [0.1, 0.15) is 0 Å². The van der Waals surface area contributed by atoms with E-state index in [-0.39, 0.29) is 17.5 Å². The summed E-state index contributed by atoms with van der Waals surface area (Å²) in [6.45, 7) is 3.24. The van der Waals surface area contributed by atoms with Crippen LogP contribution in [0.15, 0.2) is 24.3 Å². The van der Waals surface area contributed by atoms with Gasteiger partial charge < -0.3 is 10.2 Å². The summed E-state index contributed by atoms with van der Waals surface area (Å²) in [6, 6.07) is 6.12. The molecule has 0 saturated carbocycles. The van der Waals surface area contributed by atoms with Crippen molar-refractivity contribution < 1.29 is 14.5 Å². The van der Waals surface area contributed by atoms with Crippen molar-refractivity contribution in [2.75, 3.05) is 12.4 Å². The Kier molecular flexibility index (Phi) is 6.18. The Balaban J connectivity index is 2.27. The van der Waals surface area contributed by atoms with Crippen LogP contribution in [0.1, 0.15) is 30.0 Å². The molecule has 0 bridgehead atoms. The van der Waals surface area contributed by atoms with Crippen molar-refractivity contribution in [3.63, 3.8) is 0 Å². The molecular formula is C17H18N4O4S. The Morgan fingerprint density at radius 2 is 1.92 bits per heavy atom. The first-order chi connectivity index (χ1) is 12.3. The average molecular weight is 374 g/mol. The van der Waals surface area contributed by atoms with E-state index in [0.29, 0.717) is 17.4 Å². The van der Waals surface area contributed by atoms with Gasteiger partial charge in [0, 0.05) is 33.0 Å². The van der Waals surface area contributed by atoms with Crippen molar-refractivity contribution in [2.24, 2.45) is 0 Å². The number of amides is 2. The molecule has 1 aromatic heterocycles. The van der Waals surface area contributed by atoms with Gasteiger partial charge in [-0.2, -0.15) is 0 Å². The molecule has 0 spiro atoms. The van der Waals surface area contributed by atoms with Crippen LogP contribution in [0.2, 0.25) is 0 Å². The molecule has 0 unspecified atom stereocenters. The van der Waals surface area contributed by atoms with Crippen LogP contribution in [0.5, 0.6) is 0 Å². The molecule has 0 saturated heterocycles. The fourth-order valence-corrected chi connectivity index (χ4v) is 3.07. The lowest BCUT2D eigenvalue weighted by atomic mass is 10.2. The van der Waals surface area contributed by atoms with E-state index in [4.69, 9.17) is 0 Å². The Bertz CT molecular complexity index is 858. The third-order valence-corrected chi connectivity index (χ3v) is 4.44. The van der Waals surface area contributed by atoms with Gasteiger partial charge in [-0.25, -0.2) is 4.98 Å². The fraction of sp³-hybridized carbons (Fsp3) is 0.235. The predicted molar refractivity (Wildman–Crippen MR) is 101 cm³/mol. The first-order valence-electron chi connectivity index (χ1n) is 7.68. The number of non-ortho nitro benzene ring substituents is 1. The quantitative estimate of drug-likeness (QED) is 0.617. The second kappa shape index (κ2) is 8.34. The van der Waals surface area contributed by atoms with E-state index in [1.165, 1.54) is 37.3 Å². The number of nitro groups is 1. The van der Waals surface area contributed by atoms with Crippen molar-refractivity contribution >= 4 is 46.1 Å². The maximum Gasteiger partial charge on any atom is 0.269 e. The second-order valence-electron chi connectivity index (χ2n) is 5.57. The van der Waals surface area contributed by atoms with E-state index >= 15 is 0 Å². The fourth-order valence-electron chi connectivity index (χ4n) is 2.02. The molecule has 2 rings (SSSR count). The molecular weight excluding hydrogens is 356 g/mol. The summed E-state index contributed by atoms with van der Waals surface area (Å²) in [6.07, 6.45) is 3.53. The van der Waals surface area contributed by atoms with Gasteiger partial charge in [0.25, 0.3) is 5.69 Å². The van der Waals surface area contributed by atoms with Crippen LogP contribution in [0.25, 0.3) is 12.2 Å². The molecule has 2 amide bonds. The molecule has 0 fully saturated rings. The molecule has 9 heteroatoms. The number of carbonyl (C=O) groups excluding carboxylic acids is 2. The number of nitrogens with one attached hydrogen (secondary N) is 1. The Hall–Kier alpha value is -3.07. The highest BCUT2D eigenvalue weighted by Gasteiger charge is 2.13. The molecule has 1 heterocycles. The van der Waals surface area contributed by atoms with Crippen molar-refractivity contribution in [2.45, 2.75) is 20.4 Å². The second-order valence-corrected chi connectivity index (χ2v) is 6.65. The molecule has 1 aromatic carbocycles. The molecule has 1 N–H and O–H groups in total. The number of carbonyl (C=O) groups is 2.